The molecular formula is C34H20N2S. The quantitative estimate of drug-likeness (QED) is 0.237. The summed E-state index contributed by atoms with van der Waals surface area (Å²) in [5.74, 6) is 0. The standard InChI is InChI=1S/C34H20N2S/c1-2-8-21-17-22(14-13-20(21)7-1)36-30-12-6-4-9-23(30)26-18-27-24-15-16-29-33(25-10-3-5-11-28(25)35-29)34(24)37-32(27)19-31(26)36/h1-19,35H. The van der Waals surface area contributed by atoms with E-state index in [9.17, 15) is 0 Å². The third-order valence-corrected chi connectivity index (χ3v) is 9.08. The zero-order valence-corrected chi connectivity index (χ0v) is 20.6. The summed E-state index contributed by atoms with van der Waals surface area (Å²) >= 11 is 1.91. The number of rotatable bonds is 1. The maximum atomic E-state index is 3.61. The van der Waals surface area contributed by atoms with Crippen molar-refractivity contribution in [2.45, 2.75) is 0 Å². The van der Waals surface area contributed by atoms with E-state index in [1.165, 1.54) is 80.2 Å². The molecule has 0 radical (unpaired) electrons. The Kier molecular flexibility index (Phi) is 3.70. The van der Waals surface area contributed by atoms with Crippen molar-refractivity contribution in [3.63, 3.8) is 0 Å². The molecule has 37 heavy (non-hydrogen) atoms. The van der Waals surface area contributed by atoms with Gasteiger partial charge in [0.2, 0.25) is 0 Å². The number of hydrogen-bond donors (Lipinski definition) is 1. The Morgan fingerprint density at radius 2 is 1.32 bits per heavy atom. The first-order valence-electron chi connectivity index (χ1n) is 12.6. The molecule has 0 spiro atoms. The van der Waals surface area contributed by atoms with Gasteiger partial charge in [-0.2, -0.15) is 0 Å². The van der Waals surface area contributed by atoms with Crippen molar-refractivity contribution in [3.8, 4) is 5.69 Å². The van der Waals surface area contributed by atoms with E-state index in [4.69, 9.17) is 0 Å². The van der Waals surface area contributed by atoms with Crippen LogP contribution in [0.2, 0.25) is 0 Å². The lowest BCUT2D eigenvalue weighted by molar-refractivity contribution is 1.19. The zero-order chi connectivity index (χ0) is 24.1. The topological polar surface area (TPSA) is 20.7 Å². The van der Waals surface area contributed by atoms with Crippen LogP contribution in [0.4, 0.5) is 0 Å². The van der Waals surface area contributed by atoms with Crippen molar-refractivity contribution < 1.29 is 0 Å². The van der Waals surface area contributed by atoms with Crippen LogP contribution in [0.3, 0.4) is 0 Å². The Labute approximate surface area is 216 Å². The third-order valence-electron chi connectivity index (χ3n) is 7.89. The number of para-hydroxylation sites is 2. The van der Waals surface area contributed by atoms with Crippen LogP contribution in [0.15, 0.2) is 115 Å². The molecule has 0 saturated heterocycles. The summed E-state index contributed by atoms with van der Waals surface area (Å²) in [5, 5.41) is 10.4. The van der Waals surface area contributed by atoms with E-state index in [-0.39, 0.29) is 0 Å². The first kappa shape index (κ1) is 19.6. The first-order chi connectivity index (χ1) is 18.3. The molecule has 0 aliphatic rings. The summed E-state index contributed by atoms with van der Waals surface area (Å²) in [6, 6.07) is 42.2. The molecule has 1 N–H and O–H groups in total. The Balaban J connectivity index is 1.42. The smallest absolute Gasteiger partial charge is 0.0555 e. The van der Waals surface area contributed by atoms with Gasteiger partial charge in [-0.05, 0) is 53.2 Å². The predicted molar refractivity (Wildman–Crippen MR) is 161 cm³/mol. The molecule has 3 aromatic heterocycles. The molecular weight excluding hydrogens is 468 g/mol. The molecule has 0 unspecified atom stereocenters. The highest BCUT2D eigenvalue weighted by molar-refractivity contribution is 7.26. The normalized spacial score (nSPS) is 12.3. The monoisotopic (exact) mass is 488 g/mol. The molecule has 2 nitrogen and oxygen atoms in total. The fourth-order valence-corrected chi connectivity index (χ4v) is 7.50. The molecule has 0 atom stereocenters. The highest BCUT2D eigenvalue weighted by Crippen LogP contribution is 2.44. The van der Waals surface area contributed by atoms with Crippen LogP contribution < -0.4 is 0 Å². The summed E-state index contributed by atoms with van der Waals surface area (Å²) in [5.41, 5.74) is 6.10. The van der Waals surface area contributed by atoms with Crippen LogP contribution in [0, 0.1) is 0 Å². The molecule has 0 amide bonds. The van der Waals surface area contributed by atoms with E-state index in [2.05, 4.69) is 125 Å². The van der Waals surface area contributed by atoms with E-state index >= 15 is 0 Å². The van der Waals surface area contributed by atoms with E-state index in [1.807, 2.05) is 11.3 Å². The van der Waals surface area contributed by atoms with Crippen LogP contribution in [-0.4, -0.2) is 9.55 Å². The lowest BCUT2D eigenvalue weighted by Crippen LogP contribution is -1.93. The van der Waals surface area contributed by atoms with Gasteiger partial charge in [-0.3, -0.25) is 0 Å². The summed E-state index contributed by atoms with van der Waals surface area (Å²) in [4.78, 5) is 3.61. The molecule has 0 aliphatic heterocycles. The predicted octanol–water partition coefficient (Wildman–Crippen LogP) is 9.94. The van der Waals surface area contributed by atoms with Crippen molar-refractivity contribution in [2.24, 2.45) is 0 Å². The highest BCUT2D eigenvalue weighted by Gasteiger charge is 2.17. The van der Waals surface area contributed by atoms with Crippen molar-refractivity contribution in [1.29, 1.82) is 0 Å². The number of aromatic amines is 1. The lowest BCUT2D eigenvalue weighted by atomic mass is 10.1. The minimum atomic E-state index is 1.20. The van der Waals surface area contributed by atoms with Gasteiger partial charge >= 0.3 is 0 Å². The van der Waals surface area contributed by atoms with Gasteiger partial charge < -0.3 is 9.55 Å². The summed E-state index contributed by atoms with van der Waals surface area (Å²) in [6.45, 7) is 0. The summed E-state index contributed by atoms with van der Waals surface area (Å²) < 4.78 is 5.12. The molecule has 0 aliphatic carbocycles. The van der Waals surface area contributed by atoms with Gasteiger partial charge in [-0.25, -0.2) is 0 Å². The van der Waals surface area contributed by atoms with Crippen LogP contribution in [-0.2, 0) is 0 Å². The number of H-pyrrole nitrogens is 1. The number of nitrogens with zero attached hydrogens (tertiary/aromatic N) is 1. The molecule has 6 aromatic carbocycles. The largest absolute Gasteiger partial charge is 0.354 e. The maximum Gasteiger partial charge on any atom is 0.0555 e. The Bertz CT molecular complexity index is 2360. The van der Waals surface area contributed by atoms with E-state index < -0.39 is 0 Å². The van der Waals surface area contributed by atoms with Crippen molar-refractivity contribution in [3.05, 3.63) is 115 Å². The van der Waals surface area contributed by atoms with E-state index in [0.717, 1.165) is 0 Å². The van der Waals surface area contributed by atoms with E-state index in [0.29, 0.717) is 0 Å². The fourth-order valence-electron chi connectivity index (χ4n) is 6.22. The van der Waals surface area contributed by atoms with Crippen molar-refractivity contribution in [2.75, 3.05) is 0 Å². The van der Waals surface area contributed by atoms with E-state index in [1.54, 1.807) is 0 Å². The molecule has 0 bridgehead atoms. The lowest BCUT2D eigenvalue weighted by Gasteiger charge is -2.09. The molecule has 0 saturated carbocycles. The second-order valence-electron chi connectivity index (χ2n) is 9.89. The van der Waals surface area contributed by atoms with Crippen LogP contribution in [0.1, 0.15) is 0 Å². The maximum absolute atomic E-state index is 3.61. The summed E-state index contributed by atoms with van der Waals surface area (Å²) in [6.07, 6.45) is 0. The van der Waals surface area contributed by atoms with Gasteiger partial charge in [0, 0.05) is 58.4 Å². The van der Waals surface area contributed by atoms with Crippen LogP contribution in [0.25, 0.3) is 80.2 Å². The van der Waals surface area contributed by atoms with Gasteiger partial charge in [0.15, 0.2) is 0 Å². The van der Waals surface area contributed by atoms with Gasteiger partial charge in [-0.1, -0.05) is 72.8 Å². The molecule has 0 fully saturated rings. The minimum absolute atomic E-state index is 1.20. The Morgan fingerprint density at radius 3 is 2.27 bits per heavy atom. The number of hydrogen-bond acceptors (Lipinski definition) is 1. The van der Waals surface area contributed by atoms with Crippen molar-refractivity contribution >= 4 is 85.9 Å². The van der Waals surface area contributed by atoms with Gasteiger partial charge in [0.05, 0.1) is 11.0 Å². The van der Waals surface area contributed by atoms with Crippen LogP contribution in [0.5, 0.6) is 0 Å². The number of nitrogens with one attached hydrogen (secondary N) is 1. The number of aromatic nitrogens is 2. The summed E-state index contributed by atoms with van der Waals surface area (Å²) in [7, 11) is 0. The second-order valence-corrected chi connectivity index (χ2v) is 10.9. The van der Waals surface area contributed by atoms with Gasteiger partial charge in [0.1, 0.15) is 0 Å². The van der Waals surface area contributed by atoms with Gasteiger partial charge in [0.25, 0.3) is 0 Å². The number of thiophene rings is 1. The molecule has 3 heterocycles. The molecule has 3 heteroatoms. The fraction of sp³-hybridized carbons (Fsp3) is 0. The van der Waals surface area contributed by atoms with Crippen LogP contribution >= 0.6 is 11.3 Å². The number of benzene rings is 6. The molecule has 172 valence electrons. The first-order valence-corrected chi connectivity index (χ1v) is 13.4. The third kappa shape index (κ3) is 2.59. The SMILES string of the molecule is c1ccc2cc(-n3c4ccccc4c4cc5c(cc43)sc3c5ccc4[nH]c5ccccc5c43)ccc2c1. The average molecular weight is 489 g/mol. The minimum Gasteiger partial charge on any atom is -0.354 e. The number of fused-ring (bicyclic) bond motifs is 11. The average Bonchev–Trinajstić information content (AvgIpc) is 3.60. The highest BCUT2D eigenvalue weighted by atomic mass is 32.1. The molecule has 9 aromatic rings. The Morgan fingerprint density at radius 1 is 0.514 bits per heavy atom. The zero-order valence-electron chi connectivity index (χ0n) is 19.8. The van der Waals surface area contributed by atoms with Gasteiger partial charge in [-0.15, -0.1) is 11.3 Å². The van der Waals surface area contributed by atoms with Crippen molar-refractivity contribution in [1.82, 2.24) is 9.55 Å². The molecule has 9 rings (SSSR count). The second kappa shape index (κ2) is 7.00. The Hall–Kier alpha value is -4.60.